The SMILES string of the molecule is CC(=O)SC1NC(=O)C1Br. The summed E-state index contributed by atoms with van der Waals surface area (Å²) in [5.41, 5.74) is 0. The van der Waals surface area contributed by atoms with Crippen molar-refractivity contribution in [1.82, 2.24) is 5.32 Å². The zero-order valence-corrected chi connectivity index (χ0v) is 7.66. The summed E-state index contributed by atoms with van der Waals surface area (Å²) < 4.78 is 0. The standard InChI is InChI=1S/C5H6BrNO2S/c1-2(8)10-5-3(6)4(9)7-5/h3,5H,1H3,(H,7,9). The first kappa shape index (κ1) is 8.07. The molecule has 2 atom stereocenters. The summed E-state index contributed by atoms with van der Waals surface area (Å²) in [6.45, 7) is 1.48. The van der Waals surface area contributed by atoms with E-state index in [0.29, 0.717) is 0 Å². The zero-order chi connectivity index (χ0) is 7.72. The molecule has 1 rings (SSSR count). The fraction of sp³-hybridized carbons (Fsp3) is 0.600. The third-order valence-corrected chi connectivity index (χ3v) is 3.36. The van der Waals surface area contributed by atoms with E-state index in [1.165, 1.54) is 6.92 Å². The van der Waals surface area contributed by atoms with Gasteiger partial charge in [0, 0.05) is 6.92 Å². The number of carbonyl (C=O) groups excluding carboxylic acids is 2. The Hall–Kier alpha value is -0.0300. The van der Waals surface area contributed by atoms with Crippen LogP contribution in [0.25, 0.3) is 0 Å². The molecule has 1 N–H and O–H groups in total. The van der Waals surface area contributed by atoms with Gasteiger partial charge in [0.2, 0.25) is 5.91 Å². The van der Waals surface area contributed by atoms with Crippen LogP contribution in [-0.4, -0.2) is 21.2 Å². The van der Waals surface area contributed by atoms with Crippen LogP contribution in [0.1, 0.15) is 6.92 Å². The lowest BCUT2D eigenvalue weighted by Gasteiger charge is -2.30. The zero-order valence-electron chi connectivity index (χ0n) is 5.26. The average molecular weight is 224 g/mol. The van der Waals surface area contributed by atoms with Crippen LogP contribution in [-0.2, 0) is 9.59 Å². The van der Waals surface area contributed by atoms with Crippen molar-refractivity contribution in [3.05, 3.63) is 0 Å². The summed E-state index contributed by atoms with van der Waals surface area (Å²) >= 11 is 4.27. The molecule has 56 valence electrons. The van der Waals surface area contributed by atoms with Gasteiger partial charge in [0.25, 0.3) is 0 Å². The van der Waals surface area contributed by atoms with E-state index in [1.807, 2.05) is 0 Å². The van der Waals surface area contributed by atoms with Crippen molar-refractivity contribution >= 4 is 38.7 Å². The Kier molecular flexibility index (Phi) is 2.36. The van der Waals surface area contributed by atoms with Gasteiger partial charge >= 0.3 is 0 Å². The van der Waals surface area contributed by atoms with Crippen LogP contribution >= 0.6 is 27.7 Å². The van der Waals surface area contributed by atoms with Gasteiger partial charge in [0.15, 0.2) is 5.12 Å². The smallest absolute Gasteiger partial charge is 0.237 e. The fourth-order valence-corrected chi connectivity index (χ4v) is 1.97. The molecule has 5 heteroatoms. The Balaban J connectivity index is 2.34. The Morgan fingerprint density at radius 2 is 2.40 bits per heavy atom. The van der Waals surface area contributed by atoms with Crippen molar-refractivity contribution < 1.29 is 9.59 Å². The summed E-state index contributed by atoms with van der Waals surface area (Å²) in [5, 5.41) is 2.54. The van der Waals surface area contributed by atoms with E-state index in [1.54, 1.807) is 0 Å². The number of carbonyl (C=O) groups is 2. The molecular weight excluding hydrogens is 218 g/mol. The predicted octanol–water partition coefficient (Wildman–Crippen LogP) is 0.485. The van der Waals surface area contributed by atoms with Gasteiger partial charge in [0.05, 0.1) is 0 Å². The molecule has 3 nitrogen and oxygen atoms in total. The molecule has 0 aromatic heterocycles. The number of halogens is 1. The number of β-lactam (4-membered cyclic amide) rings is 1. The number of thioether (sulfide) groups is 1. The fourth-order valence-electron chi connectivity index (χ4n) is 0.602. The van der Waals surface area contributed by atoms with E-state index in [4.69, 9.17) is 0 Å². The van der Waals surface area contributed by atoms with E-state index in [9.17, 15) is 9.59 Å². The van der Waals surface area contributed by atoms with Crippen molar-refractivity contribution in [3.63, 3.8) is 0 Å². The van der Waals surface area contributed by atoms with Crippen LogP contribution in [0, 0.1) is 0 Å². The van der Waals surface area contributed by atoms with Gasteiger partial charge in [0.1, 0.15) is 10.2 Å². The Morgan fingerprint density at radius 1 is 1.80 bits per heavy atom. The maximum absolute atomic E-state index is 10.5. The van der Waals surface area contributed by atoms with Crippen LogP contribution in [0.4, 0.5) is 0 Å². The Bertz CT molecular complexity index is 184. The topological polar surface area (TPSA) is 46.2 Å². The molecule has 1 amide bonds. The van der Waals surface area contributed by atoms with Gasteiger partial charge in [-0.1, -0.05) is 27.7 Å². The molecule has 0 bridgehead atoms. The lowest BCUT2D eigenvalue weighted by molar-refractivity contribution is -0.125. The molecule has 2 unspecified atom stereocenters. The molecule has 0 radical (unpaired) electrons. The largest absolute Gasteiger partial charge is 0.341 e. The molecule has 1 fully saturated rings. The van der Waals surface area contributed by atoms with E-state index in [0.717, 1.165) is 11.8 Å². The summed E-state index contributed by atoms with van der Waals surface area (Å²) in [7, 11) is 0. The molecule has 0 aromatic carbocycles. The van der Waals surface area contributed by atoms with Crippen LogP contribution in [0.3, 0.4) is 0 Å². The number of amides is 1. The minimum Gasteiger partial charge on any atom is -0.341 e. The summed E-state index contributed by atoms with van der Waals surface area (Å²) in [5.74, 6) is -0.0428. The Labute approximate surface area is 71.1 Å². The number of nitrogens with one attached hydrogen (secondary N) is 1. The van der Waals surface area contributed by atoms with E-state index in [-0.39, 0.29) is 21.2 Å². The maximum atomic E-state index is 10.5. The highest BCUT2D eigenvalue weighted by Gasteiger charge is 2.38. The highest BCUT2D eigenvalue weighted by atomic mass is 79.9. The van der Waals surface area contributed by atoms with Crippen molar-refractivity contribution in [2.75, 3.05) is 0 Å². The third kappa shape index (κ3) is 1.52. The van der Waals surface area contributed by atoms with Gasteiger partial charge in [-0.15, -0.1) is 0 Å². The first-order valence-electron chi connectivity index (χ1n) is 2.73. The van der Waals surface area contributed by atoms with Crippen LogP contribution < -0.4 is 5.32 Å². The Morgan fingerprint density at radius 3 is 2.70 bits per heavy atom. The number of rotatable bonds is 1. The van der Waals surface area contributed by atoms with E-state index >= 15 is 0 Å². The first-order valence-corrected chi connectivity index (χ1v) is 4.52. The number of hydrogen-bond acceptors (Lipinski definition) is 3. The molecule has 0 spiro atoms. The van der Waals surface area contributed by atoms with Gasteiger partial charge in [-0.25, -0.2) is 0 Å². The molecule has 1 aliphatic heterocycles. The lowest BCUT2D eigenvalue weighted by Crippen LogP contribution is -2.57. The monoisotopic (exact) mass is 223 g/mol. The van der Waals surface area contributed by atoms with Gasteiger partial charge < -0.3 is 5.32 Å². The predicted molar refractivity (Wildman–Crippen MR) is 42.9 cm³/mol. The van der Waals surface area contributed by atoms with Crippen molar-refractivity contribution in [2.45, 2.75) is 17.1 Å². The first-order chi connectivity index (χ1) is 4.61. The highest BCUT2D eigenvalue weighted by Crippen LogP contribution is 2.25. The quantitative estimate of drug-likeness (QED) is 0.520. The maximum Gasteiger partial charge on any atom is 0.237 e. The van der Waals surface area contributed by atoms with Crippen molar-refractivity contribution in [2.24, 2.45) is 0 Å². The minimum absolute atomic E-state index is 0.0226. The molecule has 0 aromatic rings. The van der Waals surface area contributed by atoms with E-state index in [2.05, 4.69) is 21.2 Å². The van der Waals surface area contributed by atoms with Crippen LogP contribution in [0.2, 0.25) is 0 Å². The number of alkyl halides is 1. The van der Waals surface area contributed by atoms with Crippen LogP contribution in [0.5, 0.6) is 0 Å². The minimum atomic E-state index is -0.193. The highest BCUT2D eigenvalue weighted by molar-refractivity contribution is 9.10. The molecule has 10 heavy (non-hydrogen) atoms. The van der Waals surface area contributed by atoms with E-state index < -0.39 is 0 Å². The van der Waals surface area contributed by atoms with Crippen LogP contribution in [0.15, 0.2) is 0 Å². The third-order valence-electron chi connectivity index (χ3n) is 1.09. The number of hydrogen-bond donors (Lipinski definition) is 1. The van der Waals surface area contributed by atoms with Crippen molar-refractivity contribution in [1.29, 1.82) is 0 Å². The molecule has 0 aliphatic carbocycles. The summed E-state index contributed by atoms with van der Waals surface area (Å²) in [6, 6.07) is 0. The second kappa shape index (κ2) is 2.92. The average Bonchev–Trinajstić information content (AvgIpc) is 1.86. The van der Waals surface area contributed by atoms with Gasteiger partial charge in [-0.2, -0.15) is 0 Å². The molecule has 1 saturated heterocycles. The second-order valence-corrected chi connectivity index (χ2v) is 4.25. The molecule has 1 aliphatic rings. The summed E-state index contributed by atoms with van der Waals surface area (Å²) in [4.78, 5) is 20.8. The lowest BCUT2D eigenvalue weighted by atomic mass is 10.3. The molecular formula is C5H6BrNO2S. The van der Waals surface area contributed by atoms with Gasteiger partial charge in [-0.05, 0) is 0 Å². The second-order valence-electron chi connectivity index (χ2n) is 1.94. The summed E-state index contributed by atoms with van der Waals surface area (Å²) in [6.07, 6.45) is 0. The molecule has 0 saturated carbocycles. The van der Waals surface area contributed by atoms with Crippen molar-refractivity contribution in [3.8, 4) is 0 Å². The molecule has 1 heterocycles. The normalized spacial score (nSPS) is 30.8. The van der Waals surface area contributed by atoms with Gasteiger partial charge in [-0.3, -0.25) is 9.59 Å².